The quantitative estimate of drug-likeness (QED) is 0.634. The number of ether oxygens (including phenoxy) is 2. The number of thiazole rings is 1. The third kappa shape index (κ3) is 5.55. The van der Waals surface area contributed by atoms with Gasteiger partial charge >= 0.3 is 0 Å². The summed E-state index contributed by atoms with van der Waals surface area (Å²) < 4.78 is 27.3. The van der Waals surface area contributed by atoms with E-state index < -0.39 is 11.0 Å². The summed E-state index contributed by atoms with van der Waals surface area (Å²) in [6.45, 7) is 8.46. The smallest absolute Gasteiger partial charge is 0.171 e. The molecule has 2 rings (SSSR count). The van der Waals surface area contributed by atoms with Gasteiger partial charge in [-0.2, -0.15) is 0 Å². The van der Waals surface area contributed by atoms with Crippen LogP contribution in [0.25, 0.3) is 10.2 Å². The van der Waals surface area contributed by atoms with Crippen LogP contribution in [0.3, 0.4) is 0 Å². The average Bonchev–Trinajstić information content (AvgIpc) is 3.06. The van der Waals surface area contributed by atoms with Crippen LogP contribution in [0.4, 0.5) is 0 Å². The SMILES string of the molecule is COC(OC)[C@@H](C)NC[C@@H](NS(=O)C(C)(C)C)c1ccc2scnc2c1. The van der Waals surface area contributed by atoms with Gasteiger partial charge in [-0.05, 0) is 45.4 Å². The van der Waals surface area contributed by atoms with Crippen molar-refractivity contribution in [2.75, 3.05) is 20.8 Å². The van der Waals surface area contributed by atoms with Crippen molar-refractivity contribution in [2.24, 2.45) is 0 Å². The van der Waals surface area contributed by atoms with E-state index in [-0.39, 0.29) is 23.1 Å². The second kappa shape index (κ2) is 9.34. The first-order valence-corrected chi connectivity index (χ1v) is 10.6. The van der Waals surface area contributed by atoms with Crippen molar-refractivity contribution >= 4 is 32.5 Å². The summed E-state index contributed by atoms with van der Waals surface area (Å²) in [7, 11) is 2.04. The number of benzene rings is 1. The number of hydrogen-bond donors (Lipinski definition) is 2. The van der Waals surface area contributed by atoms with Gasteiger partial charge in [-0.1, -0.05) is 6.07 Å². The molecule has 1 unspecified atom stereocenters. The molecule has 0 saturated carbocycles. The maximum atomic E-state index is 12.7. The fraction of sp³-hybridized carbons (Fsp3) is 0.611. The molecule has 146 valence electrons. The van der Waals surface area contributed by atoms with Gasteiger partial charge < -0.3 is 14.8 Å². The fourth-order valence-electron chi connectivity index (χ4n) is 2.53. The summed E-state index contributed by atoms with van der Waals surface area (Å²) in [6, 6.07) is 6.04. The lowest BCUT2D eigenvalue weighted by atomic mass is 10.1. The van der Waals surface area contributed by atoms with Gasteiger partial charge in [0.25, 0.3) is 0 Å². The van der Waals surface area contributed by atoms with Crippen molar-refractivity contribution in [1.29, 1.82) is 0 Å². The van der Waals surface area contributed by atoms with Crippen LogP contribution in [-0.2, 0) is 20.5 Å². The minimum Gasteiger partial charge on any atom is -0.354 e. The average molecular weight is 400 g/mol. The highest BCUT2D eigenvalue weighted by Crippen LogP contribution is 2.24. The highest BCUT2D eigenvalue weighted by atomic mass is 32.2. The van der Waals surface area contributed by atoms with E-state index in [2.05, 4.69) is 33.2 Å². The molecule has 1 aromatic carbocycles. The Morgan fingerprint density at radius 2 is 1.96 bits per heavy atom. The number of methoxy groups -OCH3 is 2. The van der Waals surface area contributed by atoms with E-state index in [1.165, 1.54) is 0 Å². The molecule has 0 bridgehead atoms. The Labute approximate surface area is 162 Å². The molecule has 0 amide bonds. The van der Waals surface area contributed by atoms with Gasteiger partial charge in [0.05, 0.1) is 43.5 Å². The summed E-state index contributed by atoms with van der Waals surface area (Å²) in [5.74, 6) is 0. The Bertz CT molecular complexity index is 726. The maximum Gasteiger partial charge on any atom is 0.171 e. The van der Waals surface area contributed by atoms with Crippen LogP contribution in [0.1, 0.15) is 39.3 Å². The predicted octanol–water partition coefficient (Wildman–Crippen LogP) is 2.99. The topological polar surface area (TPSA) is 72.5 Å². The van der Waals surface area contributed by atoms with Gasteiger partial charge in [0.2, 0.25) is 0 Å². The molecule has 0 aliphatic rings. The molecule has 0 radical (unpaired) electrons. The first-order valence-electron chi connectivity index (χ1n) is 8.56. The Morgan fingerprint density at radius 1 is 1.27 bits per heavy atom. The van der Waals surface area contributed by atoms with Crippen LogP contribution in [-0.4, -0.2) is 47.0 Å². The minimum absolute atomic E-state index is 0.0135. The summed E-state index contributed by atoms with van der Waals surface area (Å²) >= 11 is 1.61. The second-order valence-electron chi connectivity index (χ2n) is 7.17. The molecule has 0 fully saturated rings. The molecule has 0 aliphatic heterocycles. The molecule has 0 aliphatic carbocycles. The summed E-state index contributed by atoms with van der Waals surface area (Å²) in [5.41, 5.74) is 3.85. The van der Waals surface area contributed by atoms with Crippen molar-refractivity contribution < 1.29 is 13.7 Å². The second-order valence-corrected chi connectivity index (χ2v) is 10.1. The van der Waals surface area contributed by atoms with E-state index in [9.17, 15) is 4.21 Å². The molecule has 1 aromatic heterocycles. The lowest BCUT2D eigenvalue weighted by Gasteiger charge is -2.28. The zero-order valence-electron chi connectivity index (χ0n) is 16.2. The van der Waals surface area contributed by atoms with E-state index in [0.717, 1.165) is 15.8 Å². The third-order valence-electron chi connectivity index (χ3n) is 4.08. The van der Waals surface area contributed by atoms with Crippen molar-refractivity contribution in [3.63, 3.8) is 0 Å². The predicted molar refractivity (Wildman–Crippen MR) is 109 cm³/mol. The molecule has 8 heteroatoms. The molecule has 1 heterocycles. The van der Waals surface area contributed by atoms with Gasteiger partial charge in [0.15, 0.2) is 6.29 Å². The van der Waals surface area contributed by atoms with Gasteiger partial charge in [0, 0.05) is 20.8 Å². The molecule has 2 aromatic rings. The Balaban J connectivity index is 2.19. The maximum absolute atomic E-state index is 12.7. The van der Waals surface area contributed by atoms with E-state index in [1.54, 1.807) is 25.6 Å². The van der Waals surface area contributed by atoms with E-state index in [0.29, 0.717) is 6.54 Å². The summed E-state index contributed by atoms with van der Waals surface area (Å²) in [4.78, 5) is 4.39. The van der Waals surface area contributed by atoms with Crippen LogP contribution in [0, 0.1) is 0 Å². The number of rotatable bonds is 9. The van der Waals surface area contributed by atoms with Crippen molar-refractivity contribution in [3.8, 4) is 0 Å². The van der Waals surface area contributed by atoms with E-state index in [1.807, 2.05) is 33.2 Å². The monoisotopic (exact) mass is 399 g/mol. The van der Waals surface area contributed by atoms with Crippen LogP contribution >= 0.6 is 11.3 Å². The van der Waals surface area contributed by atoms with E-state index in [4.69, 9.17) is 9.47 Å². The van der Waals surface area contributed by atoms with Gasteiger partial charge in [0.1, 0.15) is 0 Å². The first kappa shape index (κ1) is 21.4. The first-order chi connectivity index (χ1) is 12.3. The van der Waals surface area contributed by atoms with Gasteiger partial charge in [-0.25, -0.2) is 13.9 Å². The van der Waals surface area contributed by atoms with Crippen LogP contribution < -0.4 is 10.0 Å². The Kier molecular flexibility index (Phi) is 7.69. The third-order valence-corrected chi connectivity index (χ3v) is 6.50. The normalized spacial score (nSPS) is 16.1. The van der Waals surface area contributed by atoms with Crippen molar-refractivity contribution in [1.82, 2.24) is 15.0 Å². The standard InChI is InChI=1S/C18H29N3O3S2/c1-12(17(23-5)24-6)19-10-15(21-26(22)18(2,3)4)13-7-8-16-14(9-13)20-11-25-16/h7-9,11-12,15,17,19,21H,10H2,1-6H3/t12-,15-,26?/m1/s1. The van der Waals surface area contributed by atoms with Crippen molar-refractivity contribution in [2.45, 2.75) is 50.8 Å². The number of nitrogens with zero attached hydrogens (tertiary/aromatic N) is 1. The Morgan fingerprint density at radius 3 is 2.58 bits per heavy atom. The lowest BCUT2D eigenvalue weighted by Crippen LogP contribution is -2.45. The number of fused-ring (bicyclic) bond motifs is 1. The van der Waals surface area contributed by atoms with Crippen LogP contribution in [0.2, 0.25) is 0 Å². The lowest BCUT2D eigenvalue weighted by molar-refractivity contribution is -0.119. The van der Waals surface area contributed by atoms with Crippen LogP contribution in [0.5, 0.6) is 0 Å². The minimum atomic E-state index is -1.19. The highest BCUT2D eigenvalue weighted by molar-refractivity contribution is 7.84. The molecule has 0 saturated heterocycles. The van der Waals surface area contributed by atoms with Gasteiger partial charge in [-0.3, -0.25) is 0 Å². The zero-order chi connectivity index (χ0) is 19.3. The number of nitrogens with one attached hydrogen (secondary N) is 2. The highest BCUT2D eigenvalue weighted by Gasteiger charge is 2.25. The van der Waals surface area contributed by atoms with Crippen LogP contribution in [0.15, 0.2) is 23.7 Å². The molecule has 6 nitrogen and oxygen atoms in total. The van der Waals surface area contributed by atoms with Gasteiger partial charge in [-0.15, -0.1) is 11.3 Å². The van der Waals surface area contributed by atoms with Crippen molar-refractivity contribution in [3.05, 3.63) is 29.3 Å². The fourth-order valence-corrected chi connectivity index (χ4v) is 4.02. The zero-order valence-corrected chi connectivity index (χ0v) is 17.9. The number of hydrogen-bond acceptors (Lipinski definition) is 6. The number of aromatic nitrogens is 1. The molecule has 0 spiro atoms. The van der Waals surface area contributed by atoms with E-state index >= 15 is 0 Å². The summed E-state index contributed by atoms with van der Waals surface area (Å²) in [5, 5.41) is 3.42. The molecular weight excluding hydrogens is 370 g/mol. The Hall–Kier alpha value is -0.900. The largest absolute Gasteiger partial charge is 0.354 e. The molecule has 3 atom stereocenters. The molecule has 26 heavy (non-hydrogen) atoms. The molecule has 2 N–H and O–H groups in total. The summed E-state index contributed by atoms with van der Waals surface area (Å²) in [6.07, 6.45) is -0.343. The molecular formula is C18H29N3O3S2.